The summed E-state index contributed by atoms with van der Waals surface area (Å²) in [6.07, 6.45) is 9.81. The summed E-state index contributed by atoms with van der Waals surface area (Å²) in [5.41, 5.74) is 2.64. The Morgan fingerprint density at radius 2 is 2.26 bits per heavy atom. The molecule has 0 saturated heterocycles. The molecule has 0 aromatic carbocycles. The van der Waals surface area contributed by atoms with Crippen molar-refractivity contribution in [2.75, 3.05) is 25.5 Å². The number of aromatic nitrogens is 1. The summed E-state index contributed by atoms with van der Waals surface area (Å²) in [5.74, 6) is 2.94. The zero-order chi connectivity index (χ0) is 13.2. The number of hydrogen-bond acceptors (Lipinski definition) is 3. The molecule has 3 rings (SSSR count). The van der Waals surface area contributed by atoms with E-state index in [4.69, 9.17) is 0 Å². The molecule has 3 unspecified atom stereocenters. The van der Waals surface area contributed by atoms with Crippen molar-refractivity contribution >= 4 is 5.69 Å². The van der Waals surface area contributed by atoms with Crippen molar-refractivity contribution in [1.82, 2.24) is 10.3 Å². The molecule has 1 N–H and O–H groups in total. The van der Waals surface area contributed by atoms with Crippen molar-refractivity contribution in [1.29, 1.82) is 0 Å². The van der Waals surface area contributed by atoms with E-state index in [1.165, 1.54) is 43.5 Å². The maximum atomic E-state index is 4.30. The van der Waals surface area contributed by atoms with Gasteiger partial charge in [-0.15, -0.1) is 0 Å². The van der Waals surface area contributed by atoms with Crippen LogP contribution in [0.4, 0.5) is 5.69 Å². The van der Waals surface area contributed by atoms with Gasteiger partial charge in [0.25, 0.3) is 0 Å². The van der Waals surface area contributed by atoms with Gasteiger partial charge in [-0.1, -0.05) is 6.42 Å². The van der Waals surface area contributed by atoms with Crippen LogP contribution in [0.1, 0.15) is 31.2 Å². The Morgan fingerprint density at radius 3 is 2.95 bits per heavy atom. The van der Waals surface area contributed by atoms with Crippen molar-refractivity contribution in [3.8, 4) is 0 Å². The van der Waals surface area contributed by atoms with Crippen LogP contribution < -0.4 is 10.2 Å². The van der Waals surface area contributed by atoms with Crippen LogP contribution in [-0.2, 0) is 6.54 Å². The average Bonchev–Trinajstić information content (AvgIpc) is 3.02. The first-order valence-corrected chi connectivity index (χ1v) is 7.56. The molecule has 0 spiro atoms. The molecule has 2 aliphatic carbocycles. The third-order valence-electron chi connectivity index (χ3n) is 5.06. The topological polar surface area (TPSA) is 28.2 Å². The number of pyridine rings is 1. The molecule has 19 heavy (non-hydrogen) atoms. The molecule has 104 valence electrons. The first-order chi connectivity index (χ1) is 9.28. The summed E-state index contributed by atoms with van der Waals surface area (Å²) < 4.78 is 0. The highest BCUT2D eigenvalue weighted by Crippen LogP contribution is 2.48. The maximum absolute atomic E-state index is 4.30. The Labute approximate surface area is 116 Å². The van der Waals surface area contributed by atoms with Gasteiger partial charge in [-0.05, 0) is 55.7 Å². The van der Waals surface area contributed by atoms with E-state index in [-0.39, 0.29) is 0 Å². The van der Waals surface area contributed by atoms with Gasteiger partial charge >= 0.3 is 0 Å². The summed E-state index contributed by atoms with van der Waals surface area (Å²) in [6, 6.07) is 2.13. The third kappa shape index (κ3) is 2.62. The summed E-state index contributed by atoms with van der Waals surface area (Å²) in [7, 11) is 4.22. The second-order valence-corrected chi connectivity index (χ2v) is 6.35. The van der Waals surface area contributed by atoms with Gasteiger partial charge in [0, 0.05) is 26.3 Å². The van der Waals surface area contributed by atoms with Gasteiger partial charge in [-0.2, -0.15) is 0 Å². The Hall–Kier alpha value is -1.09. The van der Waals surface area contributed by atoms with Crippen LogP contribution in [0, 0.1) is 17.8 Å². The van der Waals surface area contributed by atoms with Crippen LogP contribution in [0.3, 0.4) is 0 Å². The van der Waals surface area contributed by atoms with Gasteiger partial charge in [0.15, 0.2) is 0 Å². The summed E-state index contributed by atoms with van der Waals surface area (Å²) in [6.45, 7) is 2.11. The van der Waals surface area contributed by atoms with Crippen molar-refractivity contribution in [2.24, 2.45) is 17.8 Å². The average molecular weight is 259 g/mol. The lowest BCUT2D eigenvalue weighted by atomic mass is 9.88. The van der Waals surface area contributed by atoms with Crippen LogP contribution in [0.15, 0.2) is 18.5 Å². The lowest BCUT2D eigenvalue weighted by Gasteiger charge is -2.29. The predicted molar refractivity (Wildman–Crippen MR) is 79.2 cm³/mol. The number of anilines is 1. The highest BCUT2D eigenvalue weighted by molar-refractivity contribution is 5.51. The molecule has 2 bridgehead atoms. The van der Waals surface area contributed by atoms with E-state index in [9.17, 15) is 0 Å². The van der Waals surface area contributed by atoms with Crippen LogP contribution in [0.25, 0.3) is 0 Å². The highest BCUT2D eigenvalue weighted by atomic mass is 15.1. The molecule has 0 amide bonds. The predicted octanol–water partition coefficient (Wildman–Crippen LogP) is 2.67. The molecule has 1 heterocycles. The number of nitrogens with zero attached hydrogens (tertiary/aromatic N) is 2. The molecule has 0 aliphatic heterocycles. The zero-order valence-corrected chi connectivity index (χ0v) is 12.1. The molecule has 2 saturated carbocycles. The number of rotatable bonds is 5. The molecule has 2 fully saturated rings. The summed E-state index contributed by atoms with van der Waals surface area (Å²) in [4.78, 5) is 6.72. The normalized spacial score (nSPS) is 28.8. The van der Waals surface area contributed by atoms with E-state index in [0.29, 0.717) is 0 Å². The molecule has 3 nitrogen and oxygen atoms in total. The Kier molecular flexibility index (Phi) is 3.74. The van der Waals surface area contributed by atoms with Gasteiger partial charge in [0.2, 0.25) is 0 Å². The number of hydrogen-bond donors (Lipinski definition) is 1. The van der Waals surface area contributed by atoms with Crippen molar-refractivity contribution in [3.63, 3.8) is 0 Å². The third-order valence-corrected chi connectivity index (χ3v) is 5.06. The van der Waals surface area contributed by atoms with Crippen LogP contribution in [0.2, 0.25) is 0 Å². The van der Waals surface area contributed by atoms with Gasteiger partial charge in [0.05, 0.1) is 11.9 Å². The van der Waals surface area contributed by atoms with E-state index in [2.05, 4.69) is 28.3 Å². The fourth-order valence-electron chi connectivity index (χ4n) is 4.15. The lowest BCUT2D eigenvalue weighted by molar-refractivity contribution is 0.337. The van der Waals surface area contributed by atoms with Gasteiger partial charge in [-0.3, -0.25) is 4.98 Å². The molecular formula is C16H25N3. The molecular weight excluding hydrogens is 234 g/mol. The molecule has 1 aromatic rings. The van der Waals surface area contributed by atoms with Crippen molar-refractivity contribution in [2.45, 2.75) is 32.2 Å². The van der Waals surface area contributed by atoms with Crippen molar-refractivity contribution in [3.05, 3.63) is 24.0 Å². The molecule has 0 radical (unpaired) electrons. The zero-order valence-electron chi connectivity index (χ0n) is 12.1. The second-order valence-electron chi connectivity index (χ2n) is 6.35. The van der Waals surface area contributed by atoms with Crippen LogP contribution in [-0.4, -0.2) is 25.6 Å². The van der Waals surface area contributed by atoms with E-state index in [1.54, 1.807) is 0 Å². The minimum absolute atomic E-state index is 0.909. The van der Waals surface area contributed by atoms with Gasteiger partial charge < -0.3 is 10.2 Å². The van der Waals surface area contributed by atoms with Gasteiger partial charge in [-0.25, -0.2) is 0 Å². The Morgan fingerprint density at radius 1 is 1.37 bits per heavy atom. The second kappa shape index (κ2) is 5.49. The fraction of sp³-hybridized carbons (Fsp3) is 0.688. The highest BCUT2D eigenvalue weighted by Gasteiger charge is 2.39. The van der Waals surface area contributed by atoms with Crippen molar-refractivity contribution < 1.29 is 0 Å². The maximum Gasteiger partial charge on any atom is 0.0595 e. The van der Waals surface area contributed by atoms with E-state index in [0.717, 1.165) is 24.3 Å². The number of fused-ring (bicyclic) bond motifs is 2. The summed E-state index contributed by atoms with van der Waals surface area (Å²) in [5, 5.41) is 3.25. The SMILES string of the molecule is CNCc1ccncc1N(C)CC1CC2CCC1C2. The molecule has 2 aliphatic rings. The van der Waals surface area contributed by atoms with E-state index >= 15 is 0 Å². The monoisotopic (exact) mass is 259 g/mol. The van der Waals surface area contributed by atoms with Gasteiger partial charge in [0.1, 0.15) is 0 Å². The minimum Gasteiger partial charge on any atom is -0.373 e. The molecule has 1 aromatic heterocycles. The Bertz CT molecular complexity index is 432. The van der Waals surface area contributed by atoms with E-state index < -0.39 is 0 Å². The molecule has 3 heteroatoms. The molecule has 3 atom stereocenters. The quantitative estimate of drug-likeness (QED) is 0.881. The van der Waals surface area contributed by atoms with Crippen LogP contribution >= 0.6 is 0 Å². The smallest absolute Gasteiger partial charge is 0.0595 e. The Balaban J connectivity index is 1.68. The van der Waals surface area contributed by atoms with Crippen LogP contribution in [0.5, 0.6) is 0 Å². The first-order valence-electron chi connectivity index (χ1n) is 7.56. The first kappa shape index (κ1) is 12.9. The minimum atomic E-state index is 0.909. The number of nitrogens with one attached hydrogen (secondary N) is 1. The summed E-state index contributed by atoms with van der Waals surface area (Å²) >= 11 is 0. The standard InChI is InChI=1S/C16H25N3/c1-17-9-14-5-6-18-10-16(14)19(2)11-15-8-12-3-4-13(15)7-12/h5-6,10,12-13,15,17H,3-4,7-9,11H2,1-2H3. The largest absolute Gasteiger partial charge is 0.373 e. The fourth-order valence-corrected chi connectivity index (χ4v) is 4.15. The lowest BCUT2D eigenvalue weighted by Crippen LogP contribution is -2.29. The van der Waals surface area contributed by atoms with E-state index in [1.807, 2.05) is 19.4 Å².